The van der Waals surface area contributed by atoms with E-state index in [1.165, 1.54) is 4.68 Å². The Kier molecular flexibility index (Phi) is 7.71. The first-order valence-corrected chi connectivity index (χ1v) is 7.53. The van der Waals surface area contributed by atoms with Crippen LogP contribution in [0.25, 0.3) is 0 Å². The largest absolute Gasteiger partial charge is 0.383 e. The highest BCUT2D eigenvalue weighted by atomic mass is 35.5. The number of halogens is 1. The second-order valence-electron chi connectivity index (χ2n) is 5.25. The number of hydrogen-bond donors (Lipinski definition) is 1. The molecule has 1 aromatic rings. The zero-order valence-corrected chi connectivity index (χ0v) is 14.0. The van der Waals surface area contributed by atoms with Gasteiger partial charge in [0.1, 0.15) is 5.02 Å². The van der Waals surface area contributed by atoms with E-state index in [2.05, 4.69) is 36.2 Å². The average molecular weight is 317 g/mol. The van der Waals surface area contributed by atoms with Crippen molar-refractivity contribution in [2.24, 2.45) is 0 Å². The summed E-state index contributed by atoms with van der Waals surface area (Å²) in [7, 11) is 3.67. The molecule has 0 unspecified atom stereocenters. The lowest BCUT2D eigenvalue weighted by Crippen LogP contribution is -2.29. The van der Waals surface area contributed by atoms with Crippen LogP contribution < -0.4 is 10.9 Å². The van der Waals surface area contributed by atoms with Gasteiger partial charge in [-0.05, 0) is 33.9 Å². The van der Waals surface area contributed by atoms with Crippen molar-refractivity contribution in [2.75, 3.05) is 39.2 Å². The van der Waals surface area contributed by atoms with Crippen LogP contribution in [0.1, 0.15) is 20.3 Å². The Morgan fingerprint density at radius 2 is 2.24 bits per heavy atom. The molecule has 0 bridgehead atoms. The summed E-state index contributed by atoms with van der Waals surface area (Å²) < 4.78 is 6.24. The minimum Gasteiger partial charge on any atom is -0.383 e. The first-order chi connectivity index (χ1) is 9.97. The predicted octanol–water partition coefficient (Wildman–Crippen LogP) is 1.69. The predicted molar refractivity (Wildman–Crippen MR) is 86.3 cm³/mol. The summed E-state index contributed by atoms with van der Waals surface area (Å²) in [5, 5.41) is 7.43. The zero-order valence-electron chi connectivity index (χ0n) is 13.2. The number of nitrogens with one attached hydrogen (secondary N) is 1. The summed E-state index contributed by atoms with van der Waals surface area (Å²) in [5.41, 5.74) is 0.292. The first kappa shape index (κ1) is 17.9. The van der Waals surface area contributed by atoms with E-state index < -0.39 is 0 Å². The molecule has 1 aromatic heterocycles. The van der Waals surface area contributed by atoms with Gasteiger partial charge < -0.3 is 15.0 Å². The van der Waals surface area contributed by atoms with Gasteiger partial charge in [0.25, 0.3) is 5.56 Å². The van der Waals surface area contributed by atoms with Crippen LogP contribution >= 0.6 is 11.6 Å². The van der Waals surface area contributed by atoms with Gasteiger partial charge in [-0.25, -0.2) is 4.68 Å². The monoisotopic (exact) mass is 316 g/mol. The van der Waals surface area contributed by atoms with Gasteiger partial charge in [-0.3, -0.25) is 4.79 Å². The van der Waals surface area contributed by atoms with Crippen LogP contribution in [0.2, 0.25) is 5.02 Å². The smallest absolute Gasteiger partial charge is 0.287 e. The van der Waals surface area contributed by atoms with Gasteiger partial charge in [0.05, 0.1) is 25.0 Å². The van der Waals surface area contributed by atoms with Crippen molar-refractivity contribution in [3.8, 4) is 0 Å². The maximum Gasteiger partial charge on any atom is 0.287 e. The highest BCUT2D eigenvalue weighted by Crippen LogP contribution is 2.15. The summed E-state index contributed by atoms with van der Waals surface area (Å²) in [5.74, 6) is 0. The maximum atomic E-state index is 12.0. The van der Waals surface area contributed by atoms with Crippen molar-refractivity contribution < 1.29 is 4.74 Å². The third-order valence-corrected chi connectivity index (χ3v) is 3.74. The van der Waals surface area contributed by atoms with Crippen molar-refractivity contribution in [2.45, 2.75) is 32.9 Å². The average Bonchev–Trinajstić information content (AvgIpc) is 2.46. The number of anilines is 1. The molecule has 0 saturated heterocycles. The third-order valence-electron chi connectivity index (χ3n) is 3.38. The molecule has 120 valence electrons. The summed E-state index contributed by atoms with van der Waals surface area (Å²) in [4.78, 5) is 14.3. The van der Waals surface area contributed by atoms with Crippen LogP contribution in [0, 0.1) is 0 Å². The highest BCUT2D eigenvalue weighted by molar-refractivity contribution is 6.32. The van der Waals surface area contributed by atoms with Crippen LogP contribution in [0.4, 0.5) is 5.69 Å². The minimum atomic E-state index is -0.294. The number of hydrogen-bond acceptors (Lipinski definition) is 5. The van der Waals surface area contributed by atoms with E-state index in [0.29, 0.717) is 24.9 Å². The molecule has 0 atom stereocenters. The van der Waals surface area contributed by atoms with E-state index in [1.807, 2.05) is 0 Å². The van der Waals surface area contributed by atoms with Gasteiger partial charge in [0.2, 0.25) is 0 Å². The van der Waals surface area contributed by atoms with Crippen LogP contribution in [-0.4, -0.2) is 54.6 Å². The molecule has 1 N–H and O–H groups in total. The van der Waals surface area contributed by atoms with E-state index in [1.54, 1.807) is 13.3 Å². The molecule has 0 amide bonds. The molecule has 0 aliphatic rings. The molecule has 0 aromatic carbocycles. The van der Waals surface area contributed by atoms with Gasteiger partial charge >= 0.3 is 0 Å². The van der Waals surface area contributed by atoms with Crippen molar-refractivity contribution in [3.05, 3.63) is 21.6 Å². The second-order valence-corrected chi connectivity index (χ2v) is 5.63. The van der Waals surface area contributed by atoms with E-state index in [-0.39, 0.29) is 10.6 Å². The molecular formula is C14H25ClN4O2. The minimum absolute atomic E-state index is 0.179. The Morgan fingerprint density at radius 1 is 1.52 bits per heavy atom. The molecular weight excluding hydrogens is 292 g/mol. The van der Waals surface area contributed by atoms with Crippen LogP contribution in [-0.2, 0) is 11.3 Å². The Morgan fingerprint density at radius 3 is 2.86 bits per heavy atom. The molecule has 21 heavy (non-hydrogen) atoms. The summed E-state index contributed by atoms with van der Waals surface area (Å²) in [6.07, 6.45) is 2.56. The lowest BCUT2D eigenvalue weighted by molar-refractivity contribution is 0.182. The van der Waals surface area contributed by atoms with Gasteiger partial charge in [0.15, 0.2) is 0 Å². The van der Waals surface area contributed by atoms with Crippen molar-refractivity contribution in [1.82, 2.24) is 14.7 Å². The van der Waals surface area contributed by atoms with E-state index in [0.717, 1.165) is 19.5 Å². The third kappa shape index (κ3) is 5.65. The van der Waals surface area contributed by atoms with Crippen molar-refractivity contribution >= 4 is 17.3 Å². The summed E-state index contributed by atoms with van der Waals surface area (Å²) in [6, 6.07) is 0.528. The molecule has 1 heterocycles. The highest BCUT2D eigenvalue weighted by Gasteiger charge is 2.09. The van der Waals surface area contributed by atoms with Gasteiger partial charge in [-0.15, -0.1) is 0 Å². The molecule has 0 aliphatic carbocycles. The fraction of sp³-hybridized carbons (Fsp3) is 0.714. The Hall–Kier alpha value is -1.11. The molecule has 7 heteroatoms. The fourth-order valence-electron chi connectivity index (χ4n) is 1.74. The lowest BCUT2D eigenvalue weighted by Gasteiger charge is -2.20. The van der Waals surface area contributed by atoms with E-state index in [9.17, 15) is 4.79 Å². The zero-order chi connectivity index (χ0) is 15.8. The quantitative estimate of drug-likeness (QED) is 0.703. The number of methoxy groups -OCH3 is 1. The Balaban J connectivity index is 2.53. The number of ether oxygens (including phenoxy) is 1. The molecule has 0 fully saturated rings. The Labute approximate surface area is 131 Å². The second kappa shape index (κ2) is 9.02. The molecule has 0 aliphatic heterocycles. The number of aromatic nitrogens is 2. The topological polar surface area (TPSA) is 59.4 Å². The standard InChI is InChI=1S/C14H25ClN4O2/c1-11(2)18(3)7-5-6-16-12-10-17-19(8-9-21-4)14(20)13(12)15/h10-11,16H,5-9H2,1-4H3. The fourth-order valence-corrected chi connectivity index (χ4v) is 1.95. The van der Waals surface area contributed by atoms with Crippen LogP contribution in [0.3, 0.4) is 0 Å². The number of rotatable bonds is 9. The van der Waals surface area contributed by atoms with Crippen molar-refractivity contribution in [3.63, 3.8) is 0 Å². The van der Waals surface area contributed by atoms with E-state index >= 15 is 0 Å². The Bertz CT molecular complexity index is 490. The summed E-state index contributed by atoms with van der Waals surface area (Å²) >= 11 is 6.08. The van der Waals surface area contributed by atoms with E-state index in [4.69, 9.17) is 16.3 Å². The first-order valence-electron chi connectivity index (χ1n) is 7.16. The molecule has 0 spiro atoms. The van der Waals surface area contributed by atoms with Gasteiger partial charge in [-0.1, -0.05) is 11.6 Å². The molecule has 0 saturated carbocycles. The lowest BCUT2D eigenvalue weighted by atomic mass is 10.3. The SMILES string of the molecule is COCCn1ncc(NCCCN(C)C(C)C)c(Cl)c1=O. The molecule has 1 rings (SSSR count). The maximum absolute atomic E-state index is 12.0. The van der Waals surface area contributed by atoms with Gasteiger partial charge in [0, 0.05) is 19.7 Å². The number of nitrogens with zero attached hydrogens (tertiary/aromatic N) is 3. The van der Waals surface area contributed by atoms with Crippen molar-refractivity contribution in [1.29, 1.82) is 0 Å². The molecule has 6 nitrogen and oxygen atoms in total. The van der Waals surface area contributed by atoms with Gasteiger partial charge in [-0.2, -0.15) is 5.10 Å². The van der Waals surface area contributed by atoms with Crippen LogP contribution in [0.15, 0.2) is 11.0 Å². The summed E-state index contributed by atoms with van der Waals surface area (Å²) in [6.45, 7) is 6.88. The normalized spacial score (nSPS) is 11.4. The molecule has 0 radical (unpaired) electrons. The van der Waals surface area contributed by atoms with Crippen LogP contribution in [0.5, 0.6) is 0 Å².